The van der Waals surface area contributed by atoms with Crippen LogP contribution < -0.4 is 4.90 Å². The third-order valence-corrected chi connectivity index (χ3v) is 12.9. The lowest BCUT2D eigenvalue weighted by Gasteiger charge is -2.38. The lowest BCUT2D eigenvalue weighted by Crippen LogP contribution is -2.46. The molecule has 1 atom stereocenters. The van der Waals surface area contributed by atoms with E-state index >= 15 is 0 Å². The van der Waals surface area contributed by atoms with E-state index in [4.69, 9.17) is 4.43 Å². The molecule has 1 heterocycles. The van der Waals surface area contributed by atoms with E-state index in [1.165, 1.54) is 23.3 Å². The van der Waals surface area contributed by atoms with Gasteiger partial charge in [-0.05, 0) is 65.7 Å². The highest BCUT2D eigenvalue weighted by atomic mass is 79.9. The highest BCUT2D eigenvalue weighted by Gasteiger charge is 2.41. The molecule has 1 fully saturated rings. The number of anilines is 1. The molecule has 4 rings (SSSR count). The van der Waals surface area contributed by atoms with Gasteiger partial charge in [0.25, 0.3) is 5.91 Å². The number of hydrogen-bond donors (Lipinski definition) is 1. The van der Waals surface area contributed by atoms with Crippen molar-refractivity contribution in [3.8, 4) is 0 Å². The van der Waals surface area contributed by atoms with E-state index in [0.717, 1.165) is 15.6 Å². The van der Waals surface area contributed by atoms with Gasteiger partial charge in [-0.25, -0.2) is 0 Å². The third-order valence-electron chi connectivity index (χ3n) is 7.69. The molecule has 2 aliphatic rings. The number of aliphatic hydroxyl groups is 1. The van der Waals surface area contributed by atoms with Crippen LogP contribution in [0.4, 0.5) is 5.69 Å². The van der Waals surface area contributed by atoms with Crippen molar-refractivity contribution in [2.75, 3.05) is 4.90 Å². The summed E-state index contributed by atoms with van der Waals surface area (Å²) in [6.07, 6.45) is 1.90. The number of aliphatic hydroxyl groups excluding tert-OH is 1. The maximum Gasteiger partial charge on any atom is 0.260 e. The van der Waals surface area contributed by atoms with Gasteiger partial charge < -0.3 is 9.53 Å². The van der Waals surface area contributed by atoms with Crippen molar-refractivity contribution in [2.24, 2.45) is 0 Å². The second kappa shape index (κ2) is 8.08. The monoisotopic (exact) mass is 515 g/mol. The van der Waals surface area contributed by atoms with Crippen LogP contribution in [-0.2, 0) is 22.9 Å². The molecular formula is C26H34BrNO3Si. The van der Waals surface area contributed by atoms with Crippen molar-refractivity contribution in [2.45, 2.75) is 83.3 Å². The molecule has 1 amide bonds. The van der Waals surface area contributed by atoms with Gasteiger partial charge in [0.2, 0.25) is 0 Å². The van der Waals surface area contributed by atoms with Crippen LogP contribution in [0.15, 0.2) is 40.9 Å². The van der Waals surface area contributed by atoms with Crippen LogP contribution in [0, 0.1) is 0 Å². The molecule has 0 spiro atoms. The van der Waals surface area contributed by atoms with Crippen LogP contribution in [0.25, 0.3) is 0 Å². The second-order valence-electron chi connectivity index (χ2n) is 11.1. The fourth-order valence-corrected chi connectivity index (χ4v) is 5.44. The zero-order valence-electron chi connectivity index (χ0n) is 20.0. The summed E-state index contributed by atoms with van der Waals surface area (Å²) in [7, 11) is -1.98. The third kappa shape index (κ3) is 4.23. The maximum absolute atomic E-state index is 13.5. The van der Waals surface area contributed by atoms with E-state index in [1.54, 1.807) is 0 Å². The fourth-order valence-electron chi connectivity index (χ4n) is 4.03. The highest BCUT2D eigenvalue weighted by Crippen LogP contribution is 2.48. The molecule has 1 unspecified atom stereocenters. The summed E-state index contributed by atoms with van der Waals surface area (Å²) < 4.78 is 7.37. The van der Waals surface area contributed by atoms with Crippen LogP contribution in [0.1, 0.15) is 67.6 Å². The Kier molecular flexibility index (Phi) is 5.98. The van der Waals surface area contributed by atoms with Gasteiger partial charge in [0.15, 0.2) is 8.32 Å². The summed E-state index contributed by atoms with van der Waals surface area (Å²) in [5, 5.41) is 11.2. The molecular weight excluding hydrogens is 482 g/mol. The fraction of sp³-hybridized carbons (Fsp3) is 0.500. The molecule has 1 N–H and O–H groups in total. The number of hydrogen-bond acceptors (Lipinski definition) is 3. The van der Waals surface area contributed by atoms with Crippen LogP contribution in [-0.4, -0.2) is 25.6 Å². The molecule has 32 heavy (non-hydrogen) atoms. The first-order valence-corrected chi connectivity index (χ1v) is 15.1. The maximum atomic E-state index is 13.5. The average Bonchev–Trinajstić information content (AvgIpc) is 3.45. The molecule has 2 aromatic carbocycles. The Hall–Kier alpha value is -1.47. The van der Waals surface area contributed by atoms with Crippen LogP contribution >= 0.6 is 15.9 Å². The van der Waals surface area contributed by atoms with Gasteiger partial charge in [-0.15, -0.1) is 0 Å². The molecule has 2 aromatic rings. The molecule has 1 aliphatic carbocycles. The minimum atomic E-state index is -1.98. The zero-order valence-corrected chi connectivity index (χ0v) is 22.5. The van der Waals surface area contributed by atoms with Crippen molar-refractivity contribution in [1.29, 1.82) is 0 Å². The van der Waals surface area contributed by atoms with Gasteiger partial charge in [0.05, 0.1) is 12.3 Å². The molecule has 4 nitrogen and oxygen atoms in total. The smallest absolute Gasteiger partial charge is 0.260 e. The van der Waals surface area contributed by atoms with E-state index in [-0.39, 0.29) is 16.4 Å². The molecule has 0 aromatic heterocycles. The number of fused-ring (bicyclic) bond motifs is 1. The van der Waals surface area contributed by atoms with Crippen molar-refractivity contribution >= 4 is 35.8 Å². The molecule has 0 bridgehead atoms. The van der Waals surface area contributed by atoms with Gasteiger partial charge in [0.1, 0.15) is 6.23 Å². The summed E-state index contributed by atoms with van der Waals surface area (Å²) in [6, 6.07) is 11.9. The zero-order chi connectivity index (χ0) is 23.5. The largest absolute Gasteiger partial charge is 0.412 e. The van der Waals surface area contributed by atoms with Crippen molar-refractivity contribution in [3.05, 3.63) is 63.1 Å². The Bertz CT molecular complexity index is 1060. The van der Waals surface area contributed by atoms with E-state index in [0.29, 0.717) is 24.3 Å². The number of benzene rings is 2. The Morgan fingerprint density at radius 2 is 1.91 bits per heavy atom. The van der Waals surface area contributed by atoms with Gasteiger partial charge >= 0.3 is 0 Å². The van der Waals surface area contributed by atoms with E-state index in [1.807, 2.05) is 24.3 Å². The van der Waals surface area contributed by atoms with Crippen LogP contribution in [0.5, 0.6) is 0 Å². The summed E-state index contributed by atoms with van der Waals surface area (Å²) in [5.74, 6) is -0.155. The van der Waals surface area contributed by atoms with Gasteiger partial charge in [-0.1, -0.05) is 61.8 Å². The predicted molar refractivity (Wildman–Crippen MR) is 136 cm³/mol. The number of carbonyl (C=O) groups excluding carboxylic acids is 1. The molecule has 1 aliphatic heterocycles. The molecule has 6 heteroatoms. The van der Waals surface area contributed by atoms with Crippen molar-refractivity contribution < 1.29 is 14.3 Å². The standard InChI is InChI=1S/C26H34BrNO3Si/c1-25(2,3)32(5,6)31-16-20-21(27)8-7-9-22(20)28-23(29)15-17-14-18(26(4)12-13-26)10-11-19(17)24(28)30/h7-11,14,23,29H,12-13,15-16H2,1-6H3. The Morgan fingerprint density at radius 1 is 1.22 bits per heavy atom. The normalized spacial score (nSPS) is 20.3. The molecule has 0 saturated heterocycles. The second-order valence-corrected chi connectivity index (χ2v) is 16.7. The van der Waals surface area contributed by atoms with Gasteiger partial charge in [0, 0.05) is 22.0 Å². The Labute approximate surface area is 201 Å². The van der Waals surface area contributed by atoms with Crippen LogP contribution in [0.2, 0.25) is 18.1 Å². The highest BCUT2D eigenvalue weighted by molar-refractivity contribution is 9.10. The SMILES string of the molecule is CC1(c2ccc3c(c2)CC(O)N(c2cccc(Br)c2CO[Si](C)(C)C(C)(C)C)C3=O)CC1. The van der Waals surface area contributed by atoms with Crippen molar-refractivity contribution in [3.63, 3.8) is 0 Å². The first kappa shape index (κ1) is 23.7. The first-order chi connectivity index (χ1) is 14.8. The molecule has 1 saturated carbocycles. The number of carbonyl (C=O) groups is 1. The lowest BCUT2D eigenvalue weighted by molar-refractivity contribution is 0.0859. The van der Waals surface area contributed by atoms with E-state index in [2.05, 4.69) is 68.9 Å². The van der Waals surface area contributed by atoms with E-state index in [9.17, 15) is 9.90 Å². The average molecular weight is 517 g/mol. The van der Waals surface area contributed by atoms with Crippen LogP contribution in [0.3, 0.4) is 0 Å². The number of nitrogens with zero attached hydrogens (tertiary/aromatic N) is 1. The molecule has 172 valence electrons. The molecule has 0 radical (unpaired) electrons. The summed E-state index contributed by atoms with van der Waals surface area (Å²) in [6.45, 7) is 13.7. The van der Waals surface area contributed by atoms with Crippen molar-refractivity contribution in [1.82, 2.24) is 0 Å². The minimum Gasteiger partial charge on any atom is -0.412 e. The quantitative estimate of drug-likeness (QED) is 0.459. The van der Waals surface area contributed by atoms with Gasteiger partial charge in [-0.2, -0.15) is 0 Å². The Morgan fingerprint density at radius 3 is 2.53 bits per heavy atom. The topological polar surface area (TPSA) is 49.8 Å². The Balaban J connectivity index is 1.67. The number of rotatable bonds is 5. The summed E-state index contributed by atoms with van der Waals surface area (Å²) in [5.41, 5.74) is 4.74. The lowest BCUT2D eigenvalue weighted by atomic mass is 9.89. The van der Waals surface area contributed by atoms with Gasteiger partial charge in [-0.3, -0.25) is 9.69 Å². The number of amides is 1. The number of halogens is 1. The van der Waals surface area contributed by atoms with E-state index < -0.39 is 14.5 Å². The minimum absolute atomic E-state index is 0.0870. The predicted octanol–water partition coefficient (Wildman–Crippen LogP) is 6.54. The first-order valence-electron chi connectivity index (χ1n) is 11.4. The summed E-state index contributed by atoms with van der Waals surface area (Å²) >= 11 is 3.66. The summed E-state index contributed by atoms with van der Waals surface area (Å²) in [4.78, 5) is 15.1.